The van der Waals surface area contributed by atoms with E-state index in [2.05, 4.69) is 35.8 Å². The van der Waals surface area contributed by atoms with Gasteiger partial charge in [0.1, 0.15) is 0 Å². The van der Waals surface area contributed by atoms with Gasteiger partial charge in [-0.1, -0.05) is 13.8 Å². The molecule has 3 nitrogen and oxygen atoms in total. The van der Waals surface area contributed by atoms with Gasteiger partial charge in [0.15, 0.2) is 5.13 Å². The zero-order valence-corrected chi connectivity index (χ0v) is 14.2. The van der Waals surface area contributed by atoms with Crippen LogP contribution in [-0.4, -0.2) is 35.6 Å². The minimum atomic E-state index is 0.525. The first-order chi connectivity index (χ1) is 9.74. The predicted molar refractivity (Wildman–Crippen MR) is 90.2 cm³/mol. The third-order valence-corrected chi connectivity index (χ3v) is 6.07. The summed E-state index contributed by atoms with van der Waals surface area (Å²) in [6.45, 7) is 7.87. The van der Waals surface area contributed by atoms with E-state index in [-0.39, 0.29) is 0 Å². The number of nitrogens with zero attached hydrogens (tertiary/aromatic N) is 2. The molecule has 0 aromatic carbocycles. The Labute approximate surface area is 130 Å². The maximum absolute atomic E-state index is 4.97. The van der Waals surface area contributed by atoms with Crippen LogP contribution in [0.25, 0.3) is 0 Å². The van der Waals surface area contributed by atoms with Crippen LogP contribution in [0, 0.1) is 0 Å². The Morgan fingerprint density at radius 2 is 2.15 bits per heavy atom. The fourth-order valence-corrected chi connectivity index (χ4v) is 4.63. The molecule has 0 radical (unpaired) electrons. The molecule has 2 fully saturated rings. The van der Waals surface area contributed by atoms with E-state index in [0.29, 0.717) is 5.92 Å². The molecule has 0 amide bonds. The van der Waals surface area contributed by atoms with Crippen molar-refractivity contribution in [3.05, 3.63) is 10.6 Å². The van der Waals surface area contributed by atoms with E-state index in [1.807, 2.05) is 11.3 Å². The van der Waals surface area contributed by atoms with Crippen LogP contribution in [0.15, 0.2) is 0 Å². The van der Waals surface area contributed by atoms with Crippen molar-refractivity contribution in [2.75, 3.05) is 29.5 Å². The summed E-state index contributed by atoms with van der Waals surface area (Å²) in [4.78, 5) is 8.92. The number of rotatable bonds is 5. The third kappa shape index (κ3) is 3.68. The first-order valence-corrected chi connectivity index (χ1v) is 9.77. The molecule has 20 heavy (non-hydrogen) atoms. The normalized spacial score (nSPS) is 20.4. The summed E-state index contributed by atoms with van der Waals surface area (Å²) in [6, 6.07) is 0.773. The molecule has 0 bridgehead atoms. The van der Waals surface area contributed by atoms with Gasteiger partial charge in [0.05, 0.1) is 5.69 Å². The van der Waals surface area contributed by atoms with Crippen molar-refractivity contribution in [3.63, 3.8) is 0 Å². The quantitative estimate of drug-likeness (QED) is 0.901. The van der Waals surface area contributed by atoms with E-state index in [1.165, 1.54) is 53.0 Å². The van der Waals surface area contributed by atoms with Gasteiger partial charge >= 0.3 is 0 Å². The highest BCUT2D eigenvalue weighted by molar-refractivity contribution is 7.99. The summed E-state index contributed by atoms with van der Waals surface area (Å²) in [6.07, 6.45) is 3.99. The van der Waals surface area contributed by atoms with Crippen molar-refractivity contribution in [2.24, 2.45) is 0 Å². The Morgan fingerprint density at radius 3 is 2.90 bits per heavy atom. The highest BCUT2D eigenvalue weighted by atomic mass is 32.2. The molecule has 1 saturated carbocycles. The molecule has 1 aliphatic heterocycles. The first kappa shape index (κ1) is 14.7. The lowest BCUT2D eigenvalue weighted by Crippen LogP contribution is -2.25. The molecule has 3 rings (SSSR count). The molecule has 1 saturated heterocycles. The topological polar surface area (TPSA) is 28.2 Å². The van der Waals surface area contributed by atoms with Crippen LogP contribution in [-0.2, 0) is 6.54 Å². The molecular formula is C15H25N3S2. The second kappa shape index (κ2) is 6.67. The van der Waals surface area contributed by atoms with Gasteiger partial charge in [-0.3, -0.25) is 0 Å². The van der Waals surface area contributed by atoms with E-state index >= 15 is 0 Å². The summed E-state index contributed by atoms with van der Waals surface area (Å²) in [5, 5.41) is 4.90. The van der Waals surface area contributed by atoms with E-state index < -0.39 is 0 Å². The minimum Gasteiger partial charge on any atom is -0.347 e. The maximum atomic E-state index is 4.97. The lowest BCUT2D eigenvalue weighted by atomic mass is 10.1. The average Bonchev–Trinajstić information content (AvgIpc) is 3.21. The Hall–Kier alpha value is -0.260. The first-order valence-electron chi connectivity index (χ1n) is 7.79. The lowest BCUT2D eigenvalue weighted by Gasteiger charge is -2.18. The van der Waals surface area contributed by atoms with Crippen LogP contribution in [0.4, 0.5) is 5.13 Å². The Bertz CT molecular complexity index is 432. The van der Waals surface area contributed by atoms with Gasteiger partial charge in [0.2, 0.25) is 0 Å². The number of anilines is 1. The lowest BCUT2D eigenvalue weighted by molar-refractivity contribution is 0.680. The van der Waals surface area contributed by atoms with Crippen LogP contribution in [0.3, 0.4) is 0 Å². The van der Waals surface area contributed by atoms with Crippen molar-refractivity contribution in [2.45, 2.75) is 51.6 Å². The van der Waals surface area contributed by atoms with Gasteiger partial charge < -0.3 is 10.2 Å². The minimum absolute atomic E-state index is 0.525. The van der Waals surface area contributed by atoms with E-state index in [0.717, 1.165) is 19.1 Å². The van der Waals surface area contributed by atoms with Gasteiger partial charge in [0.25, 0.3) is 0 Å². The molecule has 0 spiro atoms. The predicted octanol–water partition coefficient (Wildman–Crippen LogP) is 3.46. The molecular weight excluding hydrogens is 286 g/mol. The number of thioether (sulfide) groups is 1. The van der Waals surface area contributed by atoms with Crippen LogP contribution < -0.4 is 10.2 Å². The summed E-state index contributed by atoms with van der Waals surface area (Å²) in [7, 11) is 0. The molecule has 5 heteroatoms. The van der Waals surface area contributed by atoms with Crippen LogP contribution in [0.5, 0.6) is 0 Å². The molecule has 0 atom stereocenters. The maximum Gasteiger partial charge on any atom is 0.185 e. The number of thiazole rings is 1. The number of hydrogen-bond donors (Lipinski definition) is 1. The van der Waals surface area contributed by atoms with Crippen LogP contribution in [0.2, 0.25) is 0 Å². The van der Waals surface area contributed by atoms with Crippen LogP contribution >= 0.6 is 23.1 Å². The summed E-state index contributed by atoms with van der Waals surface area (Å²) >= 11 is 3.99. The largest absolute Gasteiger partial charge is 0.347 e. The van der Waals surface area contributed by atoms with Gasteiger partial charge in [0, 0.05) is 36.3 Å². The van der Waals surface area contributed by atoms with Gasteiger partial charge in [-0.2, -0.15) is 11.8 Å². The van der Waals surface area contributed by atoms with Crippen molar-refractivity contribution in [3.8, 4) is 0 Å². The summed E-state index contributed by atoms with van der Waals surface area (Å²) in [5.74, 6) is 3.07. The highest BCUT2D eigenvalue weighted by Crippen LogP contribution is 2.32. The Balaban J connectivity index is 1.73. The van der Waals surface area contributed by atoms with E-state index in [9.17, 15) is 0 Å². The molecule has 1 N–H and O–H groups in total. The second-order valence-corrected chi connectivity index (χ2v) is 8.35. The number of aromatic nitrogens is 1. The smallest absolute Gasteiger partial charge is 0.185 e. The Kier molecular flexibility index (Phi) is 4.89. The molecule has 2 aliphatic rings. The van der Waals surface area contributed by atoms with Gasteiger partial charge in [-0.05, 0) is 30.9 Å². The van der Waals surface area contributed by atoms with Crippen molar-refractivity contribution in [1.82, 2.24) is 10.3 Å². The fourth-order valence-electron chi connectivity index (χ4n) is 2.53. The van der Waals surface area contributed by atoms with Crippen molar-refractivity contribution >= 4 is 28.2 Å². The second-order valence-electron chi connectivity index (χ2n) is 6.07. The number of nitrogens with one attached hydrogen (secondary N) is 1. The van der Waals surface area contributed by atoms with Gasteiger partial charge in [-0.25, -0.2) is 4.98 Å². The molecule has 2 heterocycles. The van der Waals surface area contributed by atoms with Crippen LogP contribution in [0.1, 0.15) is 49.6 Å². The molecule has 1 aromatic heterocycles. The SMILES string of the molecule is CC(C)c1nc(N2CCCSCC2)sc1CNC1CC1. The average molecular weight is 312 g/mol. The van der Waals surface area contributed by atoms with Crippen molar-refractivity contribution < 1.29 is 0 Å². The summed E-state index contributed by atoms with van der Waals surface area (Å²) in [5.41, 5.74) is 1.31. The van der Waals surface area contributed by atoms with Crippen molar-refractivity contribution in [1.29, 1.82) is 0 Å². The Morgan fingerprint density at radius 1 is 1.30 bits per heavy atom. The monoisotopic (exact) mass is 311 g/mol. The van der Waals surface area contributed by atoms with Gasteiger partial charge in [-0.15, -0.1) is 11.3 Å². The summed E-state index contributed by atoms with van der Waals surface area (Å²) < 4.78 is 0. The standard InChI is InChI=1S/C15H25N3S2/c1-11(2)14-13(10-16-12-4-5-12)20-15(17-14)18-6-3-8-19-9-7-18/h11-12,16H,3-10H2,1-2H3. The fraction of sp³-hybridized carbons (Fsp3) is 0.800. The molecule has 112 valence electrons. The third-order valence-electron chi connectivity index (χ3n) is 3.88. The molecule has 1 aliphatic carbocycles. The zero-order chi connectivity index (χ0) is 13.9. The number of hydrogen-bond acceptors (Lipinski definition) is 5. The zero-order valence-electron chi connectivity index (χ0n) is 12.5. The molecule has 1 aromatic rings. The van der Waals surface area contributed by atoms with E-state index in [4.69, 9.17) is 4.98 Å². The molecule has 0 unspecified atom stereocenters. The highest BCUT2D eigenvalue weighted by Gasteiger charge is 2.23. The van der Waals surface area contributed by atoms with E-state index in [1.54, 1.807) is 0 Å².